The molecule has 0 aliphatic heterocycles. The Bertz CT molecular complexity index is 886. The van der Waals surface area contributed by atoms with Crippen molar-refractivity contribution in [1.82, 2.24) is 19.8 Å². The van der Waals surface area contributed by atoms with Crippen LogP contribution in [0.1, 0.15) is 68.8 Å². The van der Waals surface area contributed by atoms with Crippen LogP contribution >= 0.6 is 0 Å². The van der Waals surface area contributed by atoms with E-state index in [0.717, 1.165) is 23.6 Å². The zero-order valence-electron chi connectivity index (χ0n) is 15.4. The molecule has 0 saturated heterocycles. The van der Waals surface area contributed by atoms with Crippen LogP contribution in [0.25, 0.3) is 5.65 Å². The van der Waals surface area contributed by atoms with Crippen LogP contribution in [0.5, 0.6) is 0 Å². The Morgan fingerprint density at radius 3 is 2.56 bits per heavy atom. The van der Waals surface area contributed by atoms with Gasteiger partial charge in [-0.1, -0.05) is 52.8 Å². The van der Waals surface area contributed by atoms with Crippen LogP contribution in [-0.4, -0.2) is 25.7 Å². The van der Waals surface area contributed by atoms with E-state index in [1.165, 1.54) is 0 Å². The summed E-state index contributed by atoms with van der Waals surface area (Å²) in [5, 5.41) is 10.8. The number of nitrogens with zero attached hydrogens (tertiary/aromatic N) is 3. The number of carbonyl (C=O) groups is 1. The lowest BCUT2D eigenvalue weighted by atomic mass is 9.89. The van der Waals surface area contributed by atoms with E-state index < -0.39 is 0 Å². The van der Waals surface area contributed by atoms with Gasteiger partial charge < -0.3 is 5.32 Å². The summed E-state index contributed by atoms with van der Waals surface area (Å²) < 4.78 is 1.63. The summed E-state index contributed by atoms with van der Waals surface area (Å²) >= 11 is 0. The van der Waals surface area contributed by atoms with Crippen molar-refractivity contribution in [2.24, 2.45) is 0 Å². The number of H-pyrrole nitrogens is 1. The van der Waals surface area contributed by atoms with E-state index in [4.69, 9.17) is 0 Å². The Hall–Kier alpha value is -2.63. The maximum Gasteiger partial charge on any atom is 0.261 e. The first kappa shape index (κ1) is 17.2. The standard InChI is InChI=1S/C19H25N5O/c1-6-12(2)16-21-17-14(15(19(3,4)5)22-24(17)23-16)18(25)20-13-10-8-7-9-11-13/h7-12,22H,6H2,1-5H3,(H,20,25). The number of amides is 1. The Morgan fingerprint density at radius 2 is 1.96 bits per heavy atom. The molecule has 2 heterocycles. The Labute approximate surface area is 147 Å². The number of anilines is 1. The normalized spacial score (nSPS) is 13.2. The summed E-state index contributed by atoms with van der Waals surface area (Å²) in [6.45, 7) is 10.4. The number of aromatic nitrogens is 4. The molecule has 1 aromatic carbocycles. The van der Waals surface area contributed by atoms with Crippen molar-refractivity contribution in [3.8, 4) is 0 Å². The van der Waals surface area contributed by atoms with Gasteiger partial charge in [0.2, 0.25) is 0 Å². The quantitative estimate of drug-likeness (QED) is 0.751. The highest BCUT2D eigenvalue weighted by molar-refractivity contribution is 6.09. The van der Waals surface area contributed by atoms with Gasteiger partial charge >= 0.3 is 0 Å². The van der Waals surface area contributed by atoms with Crippen molar-refractivity contribution in [2.75, 3.05) is 5.32 Å². The third kappa shape index (κ3) is 3.29. The lowest BCUT2D eigenvalue weighted by Gasteiger charge is -2.18. The van der Waals surface area contributed by atoms with Crippen LogP contribution in [0.15, 0.2) is 30.3 Å². The van der Waals surface area contributed by atoms with Crippen LogP contribution in [-0.2, 0) is 5.41 Å². The second-order valence-corrected chi connectivity index (χ2v) is 7.45. The topological polar surface area (TPSA) is 75.1 Å². The van der Waals surface area contributed by atoms with E-state index in [-0.39, 0.29) is 17.2 Å². The molecule has 25 heavy (non-hydrogen) atoms. The highest BCUT2D eigenvalue weighted by Crippen LogP contribution is 2.29. The molecule has 0 bridgehead atoms. The molecular formula is C19H25N5O. The number of hydrogen-bond acceptors (Lipinski definition) is 3. The SMILES string of the molecule is CCC(C)c1nc2c(C(=O)Nc3ccccc3)c(C(C)(C)C)[nH]n2n1. The largest absolute Gasteiger partial charge is 0.322 e. The number of fused-ring (bicyclic) bond motifs is 1. The molecule has 0 aliphatic carbocycles. The molecule has 3 aromatic rings. The van der Waals surface area contributed by atoms with E-state index in [9.17, 15) is 4.79 Å². The van der Waals surface area contributed by atoms with Crippen LogP contribution in [0.2, 0.25) is 0 Å². The smallest absolute Gasteiger partial charge is 0.261 e. The third-order valence-electron chi connectivity index (χ3n) is 4.38. The Morgan fingerprint density at radius 1 is 1.28 bits per heavy atom. The molecule has 0 saturated carbocycles. The Kier molecular flexibility index (Phi) is 4.37. The lowest BCUT2D eigenvalue weighted by Crippen LogP contribution is -2.20. The third-order valence-corrected chi connectivity index (χ3v) is 4.38. The van der Waals surface area contributed by atoms with Gasteiger partial charge in [0.25, 0.3) is 5.91 Å². The first-order chi connectivity index (χ1) is 11.8. The minimum atomic E-state index is -0.234. The van der Waals surface area contributed by atoms with E-state index >= 15 is 0 Å². The molecule has 2 aromatic heterocycles. The molecule has 6 nitrogen and oxygen atoms in total. The zero-order chi connectivity index (χ0) is 18.2. The van der Waals surface area contributed by atoms with Gasteiger partial charge in [0, 0.05) is 17.0 Å². The highest BCUT2D eigenvalue weighted by Gasteiger charge is 2.29. The molecule has 1 atom stereocenters. The van der Waals surface area contributed by atoms with E-state index in [0.29, 0.717) is 11.2 Å². The summed E-state index contributed by atoms with van der Waals surface area (Å²) in [4.78, 5) is 17.6. The van der Waals surface area contributed by atoms with Crippen molar-refractivity contribution < 1.29 is 4.79 Å². The fourth-order valence-electron chi connectivity index (χ4n) is 2.71. The second kappa shape index (κ2) is 6.35. The number of rotatable bonds is 4. The van der Waals surface area contributed by atoms with Gasteiger partial charge in [-0.25, -0.2) is 4.98 Å². The zero-order valence-corrected chi connectivity index (χ0v) is 15.4. The van der Waals surface area contributed by atoms with Crippen molar-refractivity contribution >= 4 is 17.2 Å². The average molecular weight is 339 g/mol. The highest BCUT2D eigenvalue weighted by atomic mass is 16.1. The van der Waals surface area contributed by atoms with Gasteiger partial charge in [-0.2, -0.15) is 4.63 Å². The van der Waals surface area contributed by atoms with Gasteiger partial charge in [-0.15, -0.1) is 5.10 Å². The molecule has 132 valence electrons. The number of carbonyl (C=O) groups excluding carboxylic acids is 1. The summed E-state index contributed by atoms with van der Waals surface area (Å²) in [5.41, 5.74) is 2.48. The van der Waals surface area contributed by atoms with Gasteiger partial charge in [0.1, 0.15) is 5.56 Å². The molecule has 0 aliphatic rings. The van der Waals surface area contributed by atoms with Crippen molar-refractivity contribution in [2.45, 2.75) is 52.4 Å². The molecule has 1 unspecified atom stereocenters. The summed E-state index contributed by atoms with van der Waals surface area (Å²) in [6, 6.07) is 9.44. The van der Waals surface area contributed by atoms with Crippen molar-refractivity contribution in [1.29, 1.82) is 0 Å². The molecule has 2 N–H and O–H groups in total. The number of hydrogen-bond donors (Lipinski definition) is 2. The fourth-order valence-corrected chi connectivity index (χ4v) is 2.71. The molecule has 1 amide bonds. The summed E-state index contributed by atoms with van der Waals surface area (Å²) in [7, 11) is 0. The number of benzene rings is 1. The van der Waals surface area contributed by atoms with E-state index in [1.807, 2.05) is 30.3 Å². The first-order valence-corrected chi connectivity index (χ1v) is 8.66. The molecule has 6 heteroatoms. The molecule has 0 spiro atoms. The number of nitrogens with one attached hydrogen (secondary N) is 2. The predicted octanol–water partition coefficient (Wildman–Crippen LogP) is 4.12. The van der Waals surface area contributed by atoms with Gasteiger partial charge in [-0.3, -0.25) is 9.89 Å². The summed E-state index contributed by atoms with van der Waals surface area (Å²) in [6.07, 6.45) is 0.949. The minimum Gasteiger partial charge on any atom is -0.322 e. The van der Waals surface area contributed by atoms with Gasteiger partial charge in [0.05, 0.1) is 5.69 Å². The molecular weight excluding hydrogens is 314 g/mol. The second-order valence-electron chi connectivity index (χ2n) is 7.45. The molecule has 0 radical (unpaired) electrons. The lowest BCUT2D eigenvalue weighted by molar-refractivity contribution is 0.102. The maximum atomic E-state index is 13.0. The van der Waals surface area contributed by atoms with Gasteiger partial charge in [0.15, 0.2) is 11.5 Å². The summed E-state index contributed by atoms with van der Waals surface area (Å²) in [5.74, 6) is 0.824. The maximum absolute atomic E-state index is 13.0. The van der Waals surface area contributed by atoms with Crippen LogP contribution < -0.4 is 5.32 Å². The Balaban J connectivity index is 2.09. The van der Waals surface area contributed by atoms with Gasteiger partial charge in [-0.05, 0) is 18.6 Å². The first-order valence-electron chi connectivity index (χ1n) is 8.66. The van der Waals surface area contributed by atoms with Crippen LogP contribution in [0.3, 0.4) is 0 Å². The monoisotopic (exact) mass is 339 g/mol. The average Bonchev–Trinajstić information content (AvgIpc) is 3.12. The predicted molar refractivity (Wildman–Crippen MR) is 99.1 cm³/mol. The van der Waals surface area contributed by atoms with E-state index in [2.05, 4.69) is 55.1 Å². The minimum absolute atomic E-state index is 0.175. The van der Waals surface area contributed by atoms with E-state index in [1.54, 1.807) is 4.63 Å². The molecule has 0 fully saturated rings. The number of para-hydroxylation sites is 1. The van der Waals surface area contributed by atoms with Crippen LogP contribution in [0.4, 0.5) is 5.69 Å². The van der Waals surface area contributed by atoms with Crippen LogP contribution in [0, 0.1) is 0 Å². The van der Waals surface area contributed by atoms with Crippen molar-refractivity contribution in [3.05, 3.63) is 47.4 Å². The number of aromatic amines is 1. The van der Waals surface area contributed by atoms with Crippen molar-refractivity contribution in [3.63, 3.8) is 0 Å². The fraction of sp³-hybridized carbons (Fsp3) is 0.421. The molecule has 3 rings (SSSR count).